The SMILES string of the molecule is N#CC1(Cc2ccccc2Br)CCCS1. The Kier molecular flexibility index (Phi) is 3.38. The standard InChI is InChI=1S/C12H12BrNS/c13-11-5-2-1-4-10(11)8-12(9-14)6-3-7-15-12/h1-2,4-5H,3,6-8H2. The molecule has 1 aliphatic heterocycles. The van der Waals surface area contributed by atoms with Gasteiger partial charge in [0, 0.05) is 10.9 Å². The van der Waals surface area contributed by atoms with Gasteiger partial charge in [-0.05, 0) is 30.2 Å². The van der Waals surface area contributed by atoms with Crippen molar-refractivity contribution in [3.8, 4) is 6.07 Å². The van der Waals surface area contributed by atoms with Crippen molar-refractivity contribution in [3.05, 3.63) is 34.3 Å². The predicted octanol–water partition coefficient (Wildman–Crippen LogP) is 3.78. The molecule has 0 amide bonds. The third kappa shape index (κ3) is 2.38. The lowest BCUT2D eigenvalue weighted by molar-refractivity contribution is 0.671. The maximum absolute atomic E-state index is 9.28. The van der Waals surface area contributed by atoms with Crippen LogP contribution < -0.4 is 0 Å². The first kappa shape index (κ1) is 11.0. The van der Waals surface area contributed by atoms with E-state index in [9.17, 15) is 5.26 Å². The van der Waals surface area contributed by atoms with Gasteiger partial charge in [0.25, 0.3) is 0 Å². The summed E-state index contributed by atoms with van der Waals surface area (Å²) >= 11 is 5.35. The van der Waals surface area contributed by atoms with Crippen LogP contribution in [0.5, 0.6) is 0 Å². The normalized spacial score (nSPS) is 25.1. The minimum absolute atomic E-state index is 0.177. The molecule has 0 aromatic heterocycles. The number of nitriles is 1. The van der Waals surface area contributed by atoms with Gasteiger partial charge in [-0.15, -0.1) is 11.8 Å². The van der Waals surface area contributed by atoms with E-state index in [0.29, 0.717) is 0 Å². The van der Waals surface area contributed by atoms with Crippen LogP contribution in [0.2, 0.25) is 0 Å². The Hall–Kier alpha value is -0.460. The van der Waals surface area contributed by atoms with E-state index in [1.54, 1.807) is 0 Å². The van der Waals surface area contributed by atoms with E-state index in [-0.39, 0.29) is 4.75 Å². The molecular formula is C12H12BrNS. The second-order valence-electron chi connectivity index (χ2n) is 3.83. The van der Waals surface area contributed by atoms with E-state index in [2.05, 4.69) is 28.1 Å². The highest BCUT2D eigenvalue weighted by molar-refractivity contribution is 9.10. The smallest absolute Gasteiger partial charge is 0.106 e. The zero-order chi connectivity index (χ0) is 10.7. The Morgan fingerprint density at radius 3 is 2.87 bits per heavy atom. The third-order valence-electron chi connectivity index (χ3n) is 2.74. The van der Waals surface area contributed by atoms with E-state index in [4.69, 9.17) is 0 Å². The van der Waals surface area contributed by atoms with Gasteiger partial charge < -0.3 is 0 Å². The lowest BCUT2D eigenvalue weighted by Crippen LogP contribution is -2.21. The van der Waals surface area contributed by atoms with Gasteiger partial charge in [-0.1, -0.05) is 34.1 Å². The molecule has 0 N–H and O–H groups in total. The first-order chi connectivity index (χ1) is 7.26. The minimum Gasteiger partial charge on any atom is -0.197 e. The molecule has 1 atom stereocenters. The fourth-order valence-electron chi connectivity index (χ4n) is 1.91. The highest BCUT2D eigenvalue weighted by Gasteiger charge is 2.35. The highest BCUT2D eigenvalue weighted by atomic mass is 79.9. The van der Waals surface area contributed by atoms with Gasteiger partial charge in [0.2, 0.25) is 0 Å². The lowest BCUT2D eigenvalue weighted by atomic mass is 9.96. The van der Waals surface area contributed by atoms with Gasteiger partial charge in [0.05, 0.1) is 6.07 Å². The Labute approximate surface area is 103 Å². The van der Waals surface area contributed by atoms with Crippen molar-refractivity contribution in [1.82, 2.24) is 0 Å². The van der Waals surface area contributed by atoms with Crippen molar-refractivity contribution < 1.29 is 0 Å². The zero-order valence-electron chi connectivity index (χ0n) is 8.37. The summed E-state index contributed by atoms with van der Waals surface area (Å²) in [5.74, 6) is 1.12. The first-order valence-corrected chi connectivity index (χ1v) is 6.82. The molecule has 1 aromatic rings. The van der Waals surface area contributed by atoms with Crippen molar-refractivity contribution >= 4 is 27.7 Å². The predicted molar refractivity (Wildman–Crippen MR) is 67.9 cm³/mol. The van der Waals surface area contributed by atoms with E-state index in [1.165, 1.54) is 12.0 Å². The Balaban J connectivity index is 2.21. The highest BCUT2D eigenvalue weighted by Crippen LogP contribution is 2.41. The van der Waals surface area contributed by atoms with Crippen LogP contribution >= 0.6 is 27.7 Å². The van der Waals surface area contributed by atoms with Crippen molar-refractivity contribution in [3.63, 3.8) is 0 Å². The summed E-state index contributed by atoms with van der Waals surface area (Å²) in [5, 5.41) is 9.28. The third-order valence-corrected chi connectivity index (χ3v) is 5.00. The maximum Gasteiger partial charge on any atom is 0.106 e. The molecule has 3 heteroatoms. The van der Waals surface area contributed by atoms with Crippen LogP contribution in [0.25, 0.3) is 0 Å². The summed E-state index contributed by atoms with van der Waals surface area (Å²) in [7, 11) is 0. The second kappa shape index (κ2) is 4.59. The number of benzene rings is 1. The number of hydrogen-bond acceptors (Lipinski definition) is 2. The van der Waals surface area contributed by atoms with E-state index < -0.39 is 0 Å². The molecule has 0 bridgehead atoms. The summed E-state index contributed by atoms with van der Waals surface area (Å²) in [6.45, 7) is 0. The average molecular weight is 282 g/mol. The molecule has 0 spiro atoms. The fraction of sp³-hybridized carbons (Fsp3) is 0.417. The Bertz CT molecular complexity index is 391. The van der Waals surface area contributed by atoms with Gasteiger partial charge in [0.1, 0.15) is 4.75 Å². The molecular weight excluding hydrogens is 270 g/mol. The molecule has 0 aliphatic carbocycles. The Morgan fingerprint density at radius 1 is 1.47 bits per heavy atom. The molecule has 0 saturated carbocycles. The van der Waals surface area contributed by atoms with Gasteiger partial charge in [-0.25, -0.2) is 0 Å². The van der Waals surface area contributed by atoms with Gasteiger partial charge >= 0.3 is 0 Å². The number of halogens is 1. The second-order valence-corrected chi connectivity index (χ2v) is 6.16. The Morgan fingerprint density at radius 2 is 2.27 bits per heavy atom. The van der Waals surface area contributed by atoms with Crippen LogP contribution in [-0.2, 0) is 6.42 Å². The summed E-state index contributed by atoms with van der Waals surface area (Å²) in [5.41, 5.74) is 1.24. The molecule has 1 unspecified atom stereocenters. The number of hydrogen-bond donors (Lipinski definition) is 0. The largest absolute Gasteiger partial charge is 0.197 e. The lowest BCUT2D eigenvalue weighted by Gasteiger charge is -2.19. The quantitative estimate of drug-likeness (QED) is 0.824. The topological polar surface area (TPSA) is 23.8 Å². The van der Waals surface area contributed by atoms with Crippen LogP contribution in [0.15, 0.2) is 28.7 Å². The van der Waals surface area contributed by atoms with E-state index >= 15 is 0 Å². The van der Waals surface area contributed by atoms with Crippen LogP contribution in [-0.4, -0.2) is 10.5 Å². The monoisotopic (exact) mass is 281 g/mol. The summed E-state index contributed by atoms with van der Waals surface area (Å²) in [6.07, 6.45) is 3.05. The van der Waals surface area contributed by atoms with Crippen molar-refractivity contribution in [2.75, 3.05) is 5.75 Å². The summed E-state index contributed by atoms with van der Waals surface area (Å²) in [6, 6.07) is 10.7. The number of nitrogens with zero attached hydrogens (tertiary/aromatic N) is 1. The fourth-order valence-corrected chi connectivity index (χ4v) is 3.63. The maximum atomic E-state index is 9.28. The number of thioether (sulfide) groups is 1. The molecule has 1 aromatic carbocycles. The van der Waals surface area contributed by atoms with E-state index in [0.717, 1.165) is 23.1 Å². The molecule has 1 saturated heterocycles. The minimum atomic E-state index is -0.177. The zero-order valence-corrected chi connectivity index (χ0v) is 10.8. The first-order valence-electron chi connectivity index (χ1n) is 5.04. The average Bonchev–Trinajstić information content (AvgIpc) is 2.71. The van der Waals surface area contributed by atoms with Gasteiger partial charge in [-0.3, -0.25) is 0 Å². The molecule has 1 heterocycles. The van der Waals surface area contributed by atoms with Crippen LogP contribution in [0.4, 0.5) is 0 Å². The summed E-state index contributed by atoms with van der Waals surface area (Å²) in [4.78, 5) is 0. The number of rotatable bonds is 2. The van der Waals surface area contributed by atoms with Crippen LogP contribution in [0, 0.1) is 11.3 Å². The summed E-state index contributed by atoms with van der Waals surface area (Å²) < 4.78 is 0.941. The van der Waals surface area contributed by atoms with Gasteiger partial charge in [0.15, 0.2) is 0 Å². The van der Waals surface area contributed by atoms with Crippen molar-refractivity contribution in [2.24, 2.45) is 0 Å². The van der Waals surface area contributed by atoms with Crippen LogP contribution in [0.1, 0.15) is 18.4 Å². The van der Waals surface area contributed by atoms with Crippen molar-refractivity contribution in [2.45, 2.75) is 24.0 Å². The van der Waals surface area contributed by atoms with Crippen LogP contribution in [0.3, 0.4) is 0 Å². The molecule has 78 valence electrons. The van der Waals surface area contributed by atoms with Crippen molar-refractivity contribution in [1.29, 1.82) is 5.26 Å². The molecule has 1 nitrogen and oxygen atoms in total. The molecule has 15 heavy (non-hydrogen) atoms. The molecule has 1 fully saturated rings. The molecule has 2 rings (SSSR count). The molecule has 1 aliphatic rings. The molecule has 0 radical (unpaired) electrons. The van der Waals surface area contributed by atoms with E-state index in [1.807, 2.05) is 30.0 Å². The van der Waals surface area contributed by atoms with Gasteiger partial charge in [-0.2, -0.15) is 5.26 Å².